The molecule has 1 aromatic heterocycles. The third-order valence-corrected chi connectivity index (χ3v) is 3.26. The van der Waals surface area contributed by atoms with Crippen LogP contribution >= 0.6 is 0 Å². The van der Waals surface area contributed by atoms with Crippen LogP contribution in [0.1, 0.15) is 18.1 Å². The zero-order valence-electron chi connectivity index (χ0n) is 13.8. The number of alkyl halides is 2. The van der Waals surface area contributed by atoms with E-state index in [1.165, 1.54) is 30.6 Å². The first-order valence-corrected chi connectivity index (χ1v) is 7.33. The highest BCUT2D eigenvalue weighted by atomic mass is 19.3. The lowest BCUT2D eigenvalue weighted by molar-refractivity contribution is 0.0175. The molecule has 2 rings (SSSR count). The second kappa shape index (κ2) is 7.65. The number of rotatable bonds is 7. The maximum atomic E-state index is 13.3. The third-order valence-electron chi connectivity index (χ3n) is 3.26. The lowest BCUT2D eigenvalue weighted by Crippen LogP contribution is -2.08. The molecule has 4 N–H and O–H groups in total. The normalized spacial score (nSPS) is 11.9. The van der Waals surface area contributed by atoms with Crippen LogP contribution in [0.4, 0.5) is 20.3 Å². The number of nitrogen functional groups attached to an aromatic ring is 1. The molecule has 132 valence electrons. The van der Waals surface area contributed by atoms with Gasteiger partial charge in [-0.2, -0.15) is 10.1 Å². The maximum absolute atomic E-state index is 13.3. The summed E-state index contributed by atoms with van der Waals surface area (Å²) in [7, 11) is 0. The second-order valence-corrected chi connectivity index (χ2v) is 5.37. The van der Waals surface area contributed by atoms with Gasteiger partial charge in [0.2, 0.25) is 0 Å². The minimum atomic E-state index is -2.93. The van der Waals surface area contributed by atoms with Gasteiger partial charge in [-0.05, 0) is 19.1 Å². The summed E-state index contributed by atoms with van der Waals surface area (Å²) in [5, 5.41) is 6.13. The summed E-state index contributed by atoms with van der Waals surface area (Å²) in [5.41, 5.74) is 14.1. The highest BCUT2D eigenvalue weighted by molar-refractivity contribution is 5.49. The van der Waals surface area contributed by atoms with Crippen LogP contribution in [-0.4, -0.2) is 16.6 Å². The fourth-order valence-corrected chi connectivity index (χ4v) is 1.80. The van der Waals surface area contributed by atoms with E-state index in [0.29, 0.717) is 11.5 Å². The fraction of sp³-hybridized carbons (Fsp3) is 0.250. The van der Waals surface area contributed by atoms with Gasteiger partial charge in [0.05, 0.1) is 0 Å². The Morgan fingerprint density at radius 1 is 1.48 bits per heavy atom. The Kier molecular flexibility index (Phi) is 5.58. The zero-order valence-corrected chi connectivity index (χ0v) is 13.8. The van der Waals surface area contributed by atoms with Crippen LogP contribution in [-0.2, 0) is 5.92 Å². The number of ether oxygens (including phenoxy) is 1. The molecule has 0 unspecified atom stereocenters. The van der Waals surface area contributed by atoms with Crippen LogP contribution in [0.15, 0.2) is 47.5 Å². The monoisotopic (exact) mass is 348 g/mol. The van der Waals surface area contributed by atoms with Crippen molar-refractivity contribution < 1.29 is 13.5 Å². The van der Waals surface area contributed by atoms with Crippen molar-refractivity contribution in [3.05, 3.63) is 53.5 Å². The highest BCUT2D eigenvalue weighted by Crippen LogP contribution is 2.28. The van der Waals surface area contributed by atoms with Crippen LogP contribution in [0.25, 0.3) is 0 Å². The Morgan fingerprint density at radius 3 is 2.88 bits per heavy atom. The summed E-state index contributed by atoms with van der Waals surface area (Å²) in [6.07, 6.45) is 2.91. The van der Waals surface area contributed by atoms with Gasteiger partial charge < -0.3 is 15.8 Å². The first-order valence-electron chi connectivity index (χ1n) is 7.33. The van der Waals surface area contributed by atoms with E-state index in [-0.39, 0.29) is 23.9 Å². The van der Waals surface area contributed by atoms with Gasteiger partial charge in [-0.25, -0.2) is 19.3 Å². The van der Waals surface area contributed by atoms with Crippen molar-refractivity contribution in [2.75, 3.05) is 17.7 Å². The summed E-state index contributed by atoms with van der Waals surface area (Å²) in [6.45, 7) is 2.51. The van der Waals surface area contributed by atoms with E-state index in [2.05, 4.69) is 20.4 Å². The molecule has 0 saturated carbocycles. The van der Waals surface area contributed by atoms with E-state index >= 15 is 0 Å². The summed E-state index contributed by atoms with van der Waals surface area (Å²) < 4.78 is 32.0. The van der Waals surface area contributed by atoms with Gasteiger partial charge in [0, 0.05) is 36.1 Å². The SMILES string of the molecule is Cc1cnc(OC/C(=C/Nc2cccc(C(C)(F)F)c2)N=N)nc1N. The standard InChI is InChI=1S/C16H18F2N6O/c1-10-7-22-15(23-14(10)19)25-9-13(24-20)8-21-12-5-3-4-11(6-12)16(2,17)18/h3-8,20-21H,9H2,1-2H3,(H2,19,22,23)/b13-8-,24-20?. The minimum absolute atomic E-state index is 0.0604. The summed E-state index contributed by atoms with van der Waals surface area (Å²) in [5.74, 6) is -2.63. The van der Waals surface area contributed by atoms with Crippen molar-refractivity contribution in [2.24, 2.45) is 5.11 Å². The lowest BCUT2D eigenvalue weighted by Gasteiger charge is -2.12. The molecular weight excluding hydrogens is 330 g/mol. The number of hydrogen-bond acceptors (Lipinski definition) is 7. The topological polar surface area (TPSA) is 109 Å². The molecule has 0 aliphatic rings. The molecule has 1 heterocycles. The Balaban J connectivity index is 2.03. The molecule has 25 heavy (non-hydrogen) atoms. The number of nitrogens with two attached hydrogens (primary N) is 1. The number of halogens is 2. The van der Waals surface area contributed by atoms with Gasteiger partial charge in [0.1, 0.15) is 18.1 Å². The second-order valence-electron chi connectivity index (χ2n) is 5.37. The first-order chi connectivity index (χ1) is 11.8. The van der Waals surface area contributed by atoms with E-state index in [4.69, 9.17) is 16.0 Å². The first kappa shape index (κ1) is 18.2. The Morgan fingerprint density at radius 2 is 2.24 bits per heavy atom. The Labute approximate surface area is 143 Å². The summed E-state index contributed by atoms with van der Waals surface area (Å²) in [6, 6.07) is 5.86. The molecule has 0 radical (unpaired) electrons. The van der Waals surface area contributed by atoms with Crippen molar-refractivity contribution in [3.63, 3.8) is 0 Å². The molecule has 0 bridgehead atoms. The van der Waals surface area contributed by atoms with Gasteiger partial charge in [-0.1, -0.05) is 12.1 Å². The molecule has 2 aromatic rings. The molecule has 9 heteroatoms. The predicted molar refractivity (Wildman–Crippen MR) is 89.5 cm³/mol. The van der Waals surface area contributed by atoms with Gasteiger partial charge in [0.25, 0.3) is 5.92 Å². The van der Waals surface area contributed by atoms with Gasteiger partial charge in [-0.3, -0.25) is 0 Å². The largest absolute Gasteiger partial charge is 0.457 e. The van der Waals surface area contributed by atoms with Gasteiger partial charge in [0.15, 0.2) is 0 Å². The lowest BCUT2D eigenvalue weighted by atomic mass is 10.1. The molecule has 1 aromatic carbocycles. The van der Waals surface area contributed by atoms with Crippen LogP contribution in [0.2, 0.25) is 0 Å². The van der Waals surface area contributed by atoms with Crippen molar-refractivity contribution in [1.82, 2.24) is 9.97 Å². The number of aromatic nitrogens is 2. The van der Waals surface area contributed by atoms with E-state index in [9.17, 15) is 8.78 Å². The Bertz CT molecular complexity index is 788. The Hall–Kier alpha value is -3.10. The van der Waals surface area contributed by atoms with Crippen LogP contribution in [0, 0.1) is 12.5 Å². The number of anilines is 2. The number of hydrogen-bond donors (Lipinski definition) is 3. The molecule has 0 aliphatic carbocycles. The molecule has 0 saturated heterocycles. The molecule has 0 amide bonds. The predicted octanol–water partition coefficient (Wildman–Crippen LogP) is 3.84. The third kappa shape index (κ3) is 5.20. The molecule has 0 atom stereocenters. The smallest absolute Gasteiger partial charge is 0.318 e. The van der Waals surface area contributed by atoms with Crippen molar-refractivity contribution in [1.29, 1.82) is 5.53 Å². The quantitative estimate of drug-likeness (QED) is 0.659. The van der Waals surface area contributed by atoms with Gasteiger partial charge in [-0.15, -0.1) is 0 Å². The van der Waals surface area contributed by atoms with Crippen molar-refractivity contribution >= 4 is 11.5 Å². The van der Waals surface area contributed by atoms with Crippen molar-refractivity contribution in [3.8, 4) is 6.01 Å². The number of nitrogens with zero attached hydrogens (tertiary/aromatic N) is 3. The molecule has 0 fully saturated rings. The molecule has 0 aliphatic heterocycles. The van der Waals surface area contributed by atoms with Crippen molar-refractivity contribution in [2.45, 2.75) is 19.8 Å². The van der Waals surface area contributed by atoms with Gasteiger partial charge >= 0.3 is 6.01 Å². The fourth-order valence-electron chi connectivity index (χ4n) is 1.80. The van der Waals surface area contributed by atoms with Crippen LogP contribution in [0.3, 0.4) is 0 Å². The molecule has 0 spiro atoms. The van der Waals surface area contributed by atoms with Crippen LogP contribution in [0.5, 0.6) is 6.01 Å². The molecule has 7 nitrogen and oxygen atoms in total. The zero-order chi connectivity index (χ0) is 18.4. The van der Waals surface area contributed by atoms with E-state index < -0.39 is 5.92 Å². The van der Waals surface area contributed by atoms with E-state index in [1.807, 2.05) is 0 Å². The van der Waals surface area contributed by atoms with E-state index in [0.717, 1.165) is 12.5 Å². The average Bonchev–Trinajstić information content (AvgIpc) is 2.57. The number of benzene rings is 1. The average molecular weight is 348 g/mol. The number of aryl methyl sites for hydroxylation is 1. The minimum Gasteiger partial charge on any atom is -0.457 e. The number of nitrogens with one attached hydrogen (secondary N) is 2. The highest BCUT2D eigenvalue weighted by Gasteiger charge is 2.23. The molecular formula is C16H18F2N6O. The summed E-state index contributed by atoms with van der Waals surface area (Å²) >= 11 is 0. The maximum Gasteiger partial charge on any atom is 0.318 e. The van der Waals surface area contributed by atoms with Crippen LogP contribution < -0.4 is 15.8 Å². The van der Waals surface area contributed by atoms with E-state index in [1.54, 1.807) is 13.0 Å². The summed E-state index contributed by atoms with van der Waals surface area (Å²) in [4.78, 5) is 7.90.